The van der Waals surface area contributed by atoms with Crippen molar-refractivity contribution in [3.05, 3.63) is 54.3 Å². The summed E-state index contributed by atoms with van der Waals surface area (Å²) < 4.78 is 10.8. The van der Waals surface area contributed by atoms with Gasteiger partial charge in [-0.1, -0.05) is 50.3 Å². The highest BCUT2D eigenvalue weighted by atomic mass is 16.5. The van der Waals surface area contributed by atoms with Crippen LogP contribution in [0, 0.1) is 0 Å². The van der Waals surface area contributed by atoms with E-state index in [0.29, 0.717) is 27.9 Å². The number of nitrogens with one attached hydrogen (secondary N) is 1. The number of fused-ring (bicyclic) bond motifs is 1. The molecule has 1 aliphatic rings. The highest BCUT2D eigenvalue weighted by Gasteiger charge is 2.19. The fraction of sp³-hybridized carbons (Fsp3) is 0.375. The first-order chi connectivity index (χ1) is 14.7. The Balaban J connectivity index is 1.45. The number of carbonyl (C=O) groups excluding carboxylic acids is 2. The Kier molecular flexibility index (Phi) is 6.42. The standard InChI is InChI=1S/C24H26N2O4/c27-23(25-17-9-4-2-1-3-5-10-17)16-30-24(28)19-15-21(22-13-8-14-29-22)26-20-12-7-6-11-18(19)20/h6-8,11-15,17H,1-5,9-10,16H2,(H,25,27). The summed E-state index contributed by atoms with van der Waals surface area (Å²) in [5.41, 5.74) is 1.58. The van der Waals surface area contributed by atoms with Crippen molar-refractivity contribution >= 4 is 22.8 Å². The van der Waals surface area contributed by atoms with Gasteiger partial charge in [-0.05, 0) is 37.1 Å². The number of ether oxygens (including phenoxy) is 1. The van der Waals surface area contributed by atoms with Crippen LogP contribution in [0.2, 0.25) is 0 Å². The summed E-state index contributed by atoms with van der Waals surface area (Å²) in [4.78, 5) is 29.7. The van der Waals surface area contributed by atoms with Crippen LogP contribution in [0.25, 0.3) is 22.4 Å². The largest absolute Gasteiger partial charge is 0.463 e. The molecule has 0 bridgehead atoms. The van der Waals surface area contributed by atoms with Crippen LogP contribution in [-0.4, -0.2) is 29.5 Å². The molecule has 6 heteroatoms. The Labute approximate surface area is 175 Å². The summed E-state index contributed by atoms with van der Waals surface area (Å²) in [7, 11) is 0. The van der Waals surface area contributed by atoms with Crippen LogP contribution in [-0.2, 0) is 9.53 Å². The number of nitrogens with zero attached hydrogens (tertiary/aromatic N) is 1. The van der Waals surface area contributed by atoms with Crippen molar-refractivity contribution in [2.45, 2.75) is 51.0 Å². The normalized spacial score (nSPS) is 15.3. The topological polar surface area (TPSA) is 81.4 Å². The molecule has 2 heterocycles. The fourth-order valence-corrected chi connectivity index (χ4v) is 3.97. The highest BCUT2D eigenvalue weighted by Crippen LogP contribution is 2.25. The predicted molar refractivity (Wildman–Crippen MR) is 114 cm³/mol. The van der Waals surface area contributed by atoms with Gasteiger partial charge in [0.05, 0.1) is 17.3 Å². The third-order valence-electron chi connectivity index (χ3n) is 5.51. The van der Waals surface area contributed by atoms with E-state index in [9.17, 15) is 9.59 Å². The zero-order valence-electron chi connectivity index (χ0n) is 16.9. The van der Waals surface area contributed by atoms with Crippen LogP contribution in [0.15, 0.2) is 53.1 Å². The molecule has 1 fully saturated rings. The van der Waals surface area contributed by atoms with E-state index >= 15 is 0 Å². The van der Waals surface area contributed by atoms with Gasteiger partial charge in [-0.15, -0.1) is 0 Å². The van der Waals surface area contributed by atoms with Gasteiger partial charge in [0.25, 0.3) is 5.91 Å². The van der Waals surface area contributed by atoms with Gasteiger partial charge in [0, 0.05) is 11.4 Å². The molecular weight excluding hydrogens is 380 g/mol. The Morgan fingerprint density at radius 2 is 1.80 bits per heavy atom. The van der Waals surface area contributed by atoms with Crippen LogP contribution >= 0.6 is 0 Å². The first-order valence-electron chi connectivity index (χ1n) is 10.6. The van der Waals surface area contributed by atoms with Gasteiger partial charge < -0.3 is 14.5 Å². The Bertz CT molecular complexity index is 1010. The molecule has 0 spiro atoms. The van der Waals surface area contributed by atoms with Gasteiger partial charge in [-0.2, -0.15) is 0 Å². The molecule has 0 radical (unpaired) electrons. The van der Waals surface area contributed by atoms with Crippen LogP contribution in [0.1, 0.15) is 55.3 Å². The fourth-order valence-electron chi connectivity index (χ4n) is 3.97. The first kappa shape index (κ1) is 20.1. The van der Waals surface area contributed by atoms with Gasteiger partial charge >= 0.3 is 5.97 Å². The minimum Gasteiger partial charge on any atom is -0.463 e. The highest BCUT2D eigenvalue weighted by molar-refractivity contribution is 6.05. The molecule has 4 rings (SSSR count). The van der Waals surface area contributed by atoms with Gasteiger partial charge in [0.1, 0.15) is 5.69 Å². The van der Waals surface area contributed by atoms with Crippen LogP contribution in [0.5, 0.6) is 0 Å². The monoisotopic (exact) mass is 406 g/mol. The summed E-state index contributed by atoms with van der Waals surface area (Å²) >= 11 is 0. The molecular formula is C24H26N2O4. The number of para-hydroxylation sites is 1. The summed E-state index contributed by atoms with van der Waals surface area (Å²) in [5.74, 6) is -0.232. The van der Waals surface area contributed by atoms with E-state index in [0.717, 1.165) is 25.7 Å². The average molecular weight is 406 g/mol. The molecule has 2 aromatic heterocycles. The molecule has 30 heavy (non-hydrogen) atoms. The minimum absolute atomic E-state index is 0.170. The minimum atomic E-state index is -0.547. The van der Waals surface area contributed by atoms with Gasteiger partial charge in [-0.3, -0.25) is 4.79 Å². The number of benzene rings is 1. The quantitative estimate of drug-likeness (QED) is 0.611. The Morgan fingerprint density at radius 1 is 1.03 bits per heavy atom. The Hall–Kier alpha value is -3.15. The SMILES string of the molecule is O=C(COC(=O)c1cc(-c2ccco2)nc2ccccc12)NC1CCCCCCC1. The predicted octanol–water partition coefficient (Wildman–Crippen LogP) is 4.88. The van der Waals surface area contributed by atoms with Gasteiger partial charge in [0.2, 0.25) is 0 Å². The number of hydrogen-bond acceptors (Lipinski definition) is 5. The second kappa shape index (κ2) is 9.57. The lowest BCUT2D eigenvalue weighted by Crippen LogP contribution is -2.38. The van der Waals surface area contributed by atoms with Crippen molar-refractivity contribution < 1.29 is 18.7 Å². The lowest BCUT2D eigenvalue weighted by atomic mass is 9.97. The smallest absolute Gasteiger partial charge is 0.339 e. The molecule has 6 nitrogen and oxygen atoms in total. The molecule has 0 aliphatic heterocycles. The van der Waals surface area contributed by atoms with E-state index in [4.69, 9.17) is 9.15 Å². The maximum atomic E-state index is 12.8. The number of furan rings is 1. The number of rotatable bonds is 5. The van der Waals surface area contributed by atoms with E-state index in [1.807, 2.05) is 24.3 Å². The van der Waals surface area contributed by atoms with Gasteiger partial charge in [0.15, 0.2) is 12.4 Å². The van der Waals surface area contributed by atoms with Crippen LogP contribution < -0.4 is 5.32 Å². The lowest BCUT2D eigenvalue weighted by molar-refractivity contribution is -0.125. The second-order valence-electron chi connectivity index (χ2n) is 7.74. The zero-order chi connectivity index (χ0) is 20.8. The zero-order valence-corrected chi connectivity index (χ0v) is 16.9. The molecule has 1 N–H and O–H groups in total. The van der Waals surface area contributed by atoms with Crippen LogP contribution in [0.4, 0.5) is 0 Å². The molecule has 1 aromatic carbocycles. The van der Waals surface area contributed by atoms with E-state index in [1.165, 1.54) is 19.3 Å². The molecule has 0 unspecified atom stereocenters. The second-order valence-corrected chi connectivity index (χ2v) is 7.74. The van der Waals surface area contributed by atoms with E-state index in [1.54, 1.807) is 24.5 Å². The number of esters is 1. The van der Waals surface area contributed by atoms with Crippen molar-refractivity contribution in [1.82, 2.24) is 10.3 Å². The summed E-state index contributed by atoms with van der Waals surface area (Å²) in [5, 5.41) is 3.70. The molecule has 1 aliphatic carbocycles. The summed E-state index contributed by atoms with van der Waals surface area (Å²) in [6.07, 6.45) is 9.50. The number of amides is 1. The molecule has 3 aromatic rings. The molecule has 1 saturated carbocycles. The molecule has 156 valence electrons. The lowest BCUT2D eigenvalue weighted by Gasteiger charge is -2.21. The van der Waals surface area contributed by atoms with Gasteiger partial charge in [-0.25, -0.2) is 9.78 Å². The summed E-state index contributed by atoms with van der Waals surface area (Å²) in [6.45, 7) is -0.290. The average Bonchev–Trinajstić information content (AvgIpc) is 3.28. The van der Waals surface area contributed by atoms with Crippen molar-refractivity contribution in [1.29, 1.82) is 0 Å². The molecule has 1 amide bonds. The number of hydrogen-bond donors (Lipinski definition) is 1. The number of carbonyl (C=O) groups is 2. The molecule has 0 saturated heterocycles. The third kappa shape index (κ3) is 4.87. The Morgan fingerprint density at radius 3 is 2.57 bits per heavy atom. The summed E-state index contributed by atoms with van der Waals surface area (Å²) in [6, 6.07) is 12.7. The van der Waals surface area contributed by atoms with E-state index in [2.05, 4.69) is 10.3 Å². The molecule has 0 atom stereocenters. The number of aromatic nitrogens is 1. The third-order valence-corrected chi connectivity index (χ3v) is 5.51. The number of pyridine rings is 1. The maximum absolute atomic E-state index is 12.8. The van der Waals surface area contributed by atoms with Crippen molar-refractivity contribution in [3.63, 3.8) is 0 Å². The van der Waals surface area contributed by atoms with E-state index < -0.39 is 5.97 Å². The van der Waals surface area contributed by atoms with Crippen LogP contribution in [0.3, 0.4) is 0 Å². The van der Waals surface area contributed by atoms with Crippen molar-refractivity contribution in [2.24, 2.45) is 0 Å². The maximum Gasteiger partial charge on any atom is 0.339 e. The van der Waals surface area contributed by atoms with Crippen molar-refractivity contribution in [3.8, 4) is 11.5 Å². The van der Waals surface area contributed by atoms with E-state index in [-0.39, 0.29) is 18.6 Å². The first-order valence-corrected chi connectivity index (χ1v) is 10.6. The van der Waals surface area contributed by atoms with Crippen molar-refractivity contribution in [2.75, 3.05) is 6.61 Å².